The van der Waals surface area contributed by atoms with Crippen molar-refractivity contribution < 1.29 is 9.59 Å². The summed E-state index contributed by atoms with van der Waals surface area (Å²) in [5.41, 5.74) is 3.34. The second-order valence-corrected chi connectivity index (χ2v) is 6.96. The van der Waals surface area contributed by atoms with Crippen LogP contribution in [0.5, 0.6) is 0 Å². The summed E-state index contributed by atoms with van der Waals surface area (Å²) in [6.07, 6.45) is 2.11. The van der Waals surface area contributed by atoms with Gasteiger partial charge in [0.15, 0.2) is 0 Å². The average molecular weight is 303 g/mol. The smallest absolute Gasteiger partial charge is 0.314 e. The molecule has 0 fully saturated rings. The van der Waals surface area contributed by atoms with Crippen LogP contribution in [0.3, 0.4) is 0 Å². The van der Waals surface area contributed by atoms with E-state index in [1.54, 1.807) is 0 Å². The van der Waals surface area contributed by atoms with Gasteiger partial charge in [-0.05, 0) is 35.4 Å². The SMILES string of the molecule is CC(C)(C)CNC(=O)NCCc1ccc2c(c1)CCC(=O)N2. The van der Waals surface area contributed by atoms with Gasteiger partial charge in [0.25, 0.3) is 0 Å². The third kappa shape index (κ3) is 5.06. The molecule has 0 aliphatic carbocycles. The van der Waals surface area contributed by atoms with E-state index >= 15 is 0 Å². The summed E-state index contributed by atoms with van der Waals surface area (Å²) in [5, 5.41) is 8.61. The lowest BCUT2D eigenvalue weighted by Gasteiger charge is -2.19. The number of hydrogen-bond donors (Lipinski definition) is 3. The molecular weight excluding hydrogens is 278 g/mol. The summed E-state index contributed by atoms with van der Waals surface area (Å²) in [6, 6.07) is 5.93. The zero-order chi connectivity index (χ0) is 16.2. The van der Waals surface area contributed by atoms with Crippen molar-refractivity contribution in [2.75, 3.05) is 18.4 Å². The fraction of sp³-hybridized carbons (Fsp3) is 0.529. The topological polar surface area (TPSA) is 70.2 Å². The monoisotopic (exact) mass is 303 g/mol. The van der Waals surface area contributed by atoms with Gasteiger partial charge >= 0.3 is 6.03 Å². The molecule has 0 unspecified atom stereocenters. The molecule has 3 N–H and O–H groups in total. The number of carbonyl (C=O) groups excluding carboxylic acids is 2. The van der Waals surface area contributed by atoms with Crippen LogP contribution >= 0.6 is 0 Å². The Morgan fingerprint density at radius 1 is 1.23 bits per heavy atom. The summed E-state index contributed by atoms with van der Waals surface area (Å²) >= 11 is 0. The third-order valence-corrected chi connectivity index (χ3v) is 3.54. The fourth-order valence-corrected chi connectivity index (χ4v) is 2.32. The van der Waals surface area contributed by atoms with Crippen molar-refractivity contribution in [3.63, 3.8) is 0 Å². The van der Waals surface area contributed by atoms with Gasteiger partial charge in [0.2, 0.25) is 5.91 Å². The van der Waals surface area contributed by atoms with E-state index in [9.17, 15) is 9.59 Å². The van der Waals surface area contributed by atoms with Crippen LogP contribution in [0.2, 0.25) is 0 Å². The number of anilines is 1. The summed E-state index contributed by atoms with van der Waals surface area (Å²) < 4.78 is 0. The van der Waals surface area contributed by atoms with Gasteiger partial charge in [-0.3, -0.25) is 4.79 Å². The van der Waals surface area contributed by atoms with Gasteiger partial charge < -0.3 is 16.0 Å². The van der Waals surface area contributed by atoms with Crippen molar-refractivity contribution in [2.45, 2.75) is 40.0 Å². The molecule has 1 aromatic carbocycles. The van der Waals surface area contributed by atoms with Crippen molar-refractivity contribution in [3.8, 4) is 0 Å². The Hall–Kier alpha value is -2.04. The van der Waals surface area contributed by atoms with Crippen molar-refractivity contribution in [2.24, 2.45) is 5.41 Å². The maximum absolute atomic E-state index is 11.7. The molecule has 1 aromatic rings. The van der Waals surface area contributed by atoms with Crippen molar-refractivity contribution in [1.82, 2.24) is 10.6 Å². The normalized spacial score (nSPS) is 14.0. The summed E-state index contributed by atoms with van der Waals surface area (Å²) in [7, 11) is 0. The Bertz CT molecular complexity index is 562. The molecule has 5 heteroatoms. The van der Waals surface area contributed by atoms with Crippen LogP contribution in [0.15, 0.2) is 18.2 Å². The van der Waals surface area contributed by atoms with Gasteiger partial charge in [0.1, 0.15) is 0 Å². The lowest BCUT2D eigenvalue weighted by atomic mass is 9.97. The Morgan fingerprint density at radius 3 is 2.73 bits per heavy atom. The molecule has 3 amide bonds. The minimum Gasteiger partial charge on any atom is -0.338 e. The van der Waals surface area contributed by atoms with Crippen LogP contribution in [0.4, 0.5) is 10.5 Å². The van der Waals surface area contributed by atoms with E-state index in [2.05, 4.69) is 42.8 Å². The maximum Gasteiger partial charge on any atom is 0.314 e. The van der Waals surface area contributed by atoms with E-state index in [4.69, 9.17) is 0 Å². The van der Waals surface area contributed by atoms with E-state index in [0.717, 1.165) is 18.5 Å². The van der Waals surface area contributed by atoms with Crippen LogP contribution in [-0.4, -0.2) is 25.0 Å². The molecular formula is C17H25N3O2. The Kier molecular flexibility index (Phi) is 5.06. The highest BCUT2D eigenvalue weighted by molar-refractivity contribution is 5.93. The Labute approximate surface area is 131 Å². The Balaban J connectivity index is 1.78. The highest BCUT2D eigenvalue weighted by Gasteiger charge is 2.15. The van der Waals surface area contributed by atoms with Gasteiger partial charge in [-0.25, -0.2) is 4.79 Å². The molecule has 120 valence electrons. The lowest BCUT2D eigenvalue weighted by molar-refractivity contribution is -0.116. The van der Waals surface area contributed by atoms with Gasteiger partial charge in [-0.2, -0.15) is 0 Å². The first-order chi connectivity index (χ1) is 10.3. The second kappa shape index (κ2) is 6.81. The number of aryl methyl sites for hydroxylation is 1. The highest BCUT2D eigenvalue weighted by atomic mass is 16.2. The van der Waals surface area contributed by atoms with Crippen LogP contribution in [0.25, 0.3) is 0 Å². The predicted molar refractivity (Wildman–Crippen MR) is 88.0 cm³/mol. The summed E-state index contributed by atoms with van der Waals surface area (Å²) in [6.45, 7) is 7.50. The Morgan fingerprint density at radius 2 is 2.00 bits per heavy atom. The van der Waals surface area contributed by atoms with Crippen molar-refractivity contribution >= 4 is 17.6 Å². The summed E-state index contributed by atoms with van der Waals surface area (Å²) in [5.74, 6) is 0.0810. The molecule has 0 aromatic heterocycles. The molecule has 0 saturated carbocycles. The quantitative estimate of drug-likeness (QED) is 0.799. The van der Waals surface area contributed by atoms with E-state index in [-0.39, 0.29) is 17.4 Å². The zero-order valence-electron chi connectivity index (χ0n) is 13.6. The average Bonchev–Trinajstić information content (AvgIpc) is 2.44. The number of benzene rings is 1. The van der Waals surface area contributed by atoms with Gasteiger partial charge in [0, 0.05) is 25.2 Å². The molecule has 0 bridgehead atoms. The molecule has 0 atom stereocenters. The van der Waals surface area contributed by atoms with Crippen LogP contribution in [-0.2, 0) is 17.6 Å². The van der Waals surface area contributed by atoms with Crippen LogP contribution < -0.4 is 16.0 Å². The standard InChI is InChI=1S/C17H25N3O2/c1-17(2,3)11-19-16(22)18-9-8-12-4-6-14-13(10-12)5-7-15(21)20-14/h4,6,10H,5,7-9,11H2,1-3H3,(H,20,21)(H2,18,19,22). The van der Waals surface area contributed by atoms with E-state index in [1.165, 1.54) is 11.1 Å². The minimum absolute atomic E-state index is 0.0810. The number of rotatable bonds is 4. The van der Waals surface area contributed by atoms with Crippen LogP contribution in [0.1, 0.15) is 38.3 Å². The molecule has 0 saturated heterocycles. The van der Waals surface area contributed by atoms with Crippen molar-refractivity contribution in [1.29, 1.82) is 0 Å². The van der Waals surface area contributed by atoms with Gasteiger partial charge in [0.05, 0.1) is 0 Å². The van der Waals surface area contributed by atoms with Crippen molar-refractivity contribution in [3.05, 3.63) is 29.3 Å². The van der Waals surface area contributed by atoms with Gasteiger partial charge in [-0.1, -0.05) is 32.9 Å². The molecule has 1 aliphatic rings. The molecule has 0 radical (unpaired) electrons. The third-order valence-electron chi connectivity index (χ3n) is 3.54. The number of carbonyl (C=O) groups is 2. The molecule has 22 heavy (non-hydrogen) atoms. The lowest BCUT2D eigenvalue weighted by Crippen LogP contribution is -2.40. The van der Waals surface area contributed by atoms with Gasteiger partial charge in [-0.15, -0.1) is 0 Å². The molecule has 5 nitrogen and oxygen atoms in total. The van der Waals surface area contributed by atoms with E-state index < -0.39 is 0 Å². The number of fused-ring (bicyclic) bond motifs is 1. The first-order valence-corrected chi connectivity index (χ1v) is 7.77. The largest absolute Gasteiger partial charge is 0.338 e. The zero-order valence-corrected chi connectivity index (χ0v) is 13.6. The first kappa shape index (κ1) is 16.3. The highest BCUT2D eigenvalue weighted by Crippen LogP contribution is 2.23. The minimum atomic E-state index is -0.125. The molecule has 1 aliphatic heterocycles. The number of amides is 3. The second-order valence-electron chi connectivity index (χ2n) is 6.96. The molecule has 1 heterocycles. The fourth-order valence-electron chi connectivity index (χ4n) is 2.32. The first-order valence-electron chi connectivity index (χ1n) is 7.77. The van der Waals surface area contributed by atoms with E-state index in [0.29, 0.717) is 19.5 Å². The predicted octanol–water partition coefficient (Wildman–Crippen LogP) is 2.46. The molecule has 0 spiro atoms. The number of hydrogen-bond acceptors (Lipinski definition) is 2. The summed E-state index contributed by atoms with van der Waals surface area (Å²) in [4.78, 5) is 23.0. The number of urea groups is 1. The number of nitrogens with one attached hydrogen (secondary N) is 3. The van der Waals surface area contributed by atoms with Crippen LogP contribution in [0, 0.1) is 5.41 Å². The molecule has 2 rings (SSSR count). The maximum atomic E-state index is 11.7. The van der Waals surface area contributed by atoms with E-state index in [1.807, 2.05) is 12.1 Å².